The molecule has 0 aliphatic carbocycles. The van der Waals surface area contributed by atoms with E-state index in [4.69, 9.17) is 4.74 Å². The van der Waals surface area contributed by atoms with E-state index >= 15 is 0 Å². The number of piperazine rings is 1. The van der Waals surface area contributed by atoms with Gasteiger partial charge in [0.25, 0.3) is 0 Å². The van der Waals surface area contributed by atoms with E-state index in [2.05, 4.69) is 0 Å². The van der Waals surface area contributed by atoms with Gasteiger partial charge < -0.3 is 9.64 Å². The quantitative estimate of drug-likeness (QED) is 0.703. The lowest BCUT2D eigenvalue weighted by Crippen LogP contribution is -2.51. The summed E-state index contributed by atoms with van der Waals surface area (Å²) in [6.07, 6.45) is 2.63. The van der Waals surface area contributed by atoms with E-state index in [-0.39, 0.29) is 11.7 Å². The molecule has 0 radical (unpaired) electrons. The number of nitrogens with zero attached hydrogens (tertiary/aromatic N) is 2. The molecule has 1 heterocycles. The third-order valence-electron chi connectivity index (χ3n) is 4.50. The van der Waals surface area contributed by atoms with E-state index in [0.29, 0.717) is 45.4 Å². The van der Waals surface area contributed by atoms with Crippen LogP contribution in [0.15, 0.2) is 24.3 Å². The molecule has 0 aromatic heterocycles. The van der Waals surface area contributed by atoms with Gasteiger partial charge in [0.05, 0.1) is 12.9 Å². The smallest absolute Gasteiger partial charge is 0.222 e. The van der Waals surface area contributed by atoms with Gasteiger partial charge in [-0.1, -0.05) is 25.5 Å². The average Bonchev–Trinajstić information content (AvgIpc) is 2.64. The van der Waals surface area contributed by atoms with Gasteiger partial charge in [-0.3, -0.25) is 4.79 Å². The van der Waals surface area contributed by atoms with Gasteiger partial charge >= 0.3 is 0 Å². The molecule has 1 saturated heterocycles. The minimum atomic E-state index is -3.18. The highest BCUT2D eigenvalue weighted by molar-refractivity contribution is 7.89. The Kier molecular flexibility index (Phi) is 7.25. The molecule has 2 rings (SSSR count). The summed E-state index contributed by atoms with van der Waals surface area (Å²) in [5.41, 5.74) is 1.06. The van der Waals surface area contributed by atoms with Gasteiger partial charge in [-0.25, -0.2) is 8.42 Å². The van der Waals surface area contributed by atoms with Crippen molar-refractivity contribution in [1.82, 2.24) is 9.21 Å². The lowest BCUT2D eigenvalue weighted by molar-refractivity contribution is -0.132. The van der Waals surface area contributed by atoms with E-state index in [1.165, 1.54) is 4.31 Å². The molecule has 0 spiro atoms. The van der Waals surface area contributed by atoms with Crippen LogP contribution < -0.4 is 4.74 Å². The first kappa shape index (κ1) is 19.7. The molecule has 25 heavy (non-hydrogen) atoms. The van der Waals surface area contributed by atoms with Crippen molar-refractivity contribution in [2.24, 2.45) is 0 Å². The molecule has 6 nitrogen and oxygen atoms in total. The Labute approximate surface area is 150 Å². The summed E-state index contributed by atoms with van der Waals surface area (Å²) in [4.78, 5) is 14.2. The predicted molar refractivity (Wildman–Crippen MR) is 98.2 cm³/mol. The Hall–Kier alpha value is -1.60. The summed E-state index contributed by atoms with van der Waals surface area (Å²) >= 11 is 0. The van der Waals surface area contributed by atoms with Gasteiger partial charge in [-0.05, 0) is 30.5 Å². The summed E-state index contributed by atoms with van der Waals surface area (Å²) in [7, 11) is -1.55. The molecule has 1 aliphatic heterocycles. The van der Waals surface area contributed by atoms with Crippen molar-refractivity contribution >= 4 is 15.9 Å². The second-order valence-electron chi connectivity index (χ2n) is 6.30. The number of amides is 1. The second-order valence-corrected chi connectivity index (χ2v) is 8.39. The SMILES string of the molecule is CCCCS(=O)(=O)N1CCN(C(=O)CCc2cccc(OC)c2)CC1. The fraction of sp³-hybridized carbons (Fsp3) is 0.611. The summed E-state index contributed by atoms with van der Waals surface area (Å²) in [5.74, 6) is 1.07. The van der Waals surface area contributed by atoms with Crippen LogP contribution in [0.2, 0.25) is 0 Å². The van der Waals surface area contributed by atoms with Gasteiger partial charge in [0.1, 0.15) is 5.75 Å². The Morgan fingerprint density at radius 1 is 1.20 bits per heavy atom. The van der Waals surface area contributed by atoms with E-state index < -0.39 is 10.0 Å². The van der Waals surface area contributed by atoms with E-state index in [1.807, 2.05) is 31.2 Å². The van der Waals surface area contributed by atoms with Crippen LogP contribution in [-0.2, 0) is 21.2 Å². The first-order chi connectivity index (χ1) is 12.0. The number of sulfonamides is 1. The van der Waals surface area contributed by atoms with Crippen LogP contribution in [0.25, 0.3) is 0 Å². The van der Waals surface area contributed by atoms with Gasteiger partial charge in [-0.15, -0.1) is 0 Å². The van der Waals surface area contributed by atoms with Gasteiger partial charge in [0.2, 0.25) is 15.9 Å². The first-order valence-electron chi connectivity index (χ1n) is 8.85. The van der Waals surface area contributed by atoms with Crippen molar-refractivity contribution in [2.75, 3.05) is 39.0 Å². The molecule has 140 valence electrons. The van der Waals surface area contributed by atoms with Gasteiger partial charge in [-0.2, -0.15) is 4.31 Å². The van der Waals surface area contributed by atoms with Crippen LogP contribution in [0.1, 0.15) is 31.7 Å². The number of carbonyl (C=O) groups excluding carboxylic acids is 1. The molecule has 1 aliphatic rings. The van der Waals surface area contributed by atoms with Crippen LogP contribution in [0.4, 0.5) is 0 Å². The number of aryl methyl sites for hydroxylation is 1. The number of rotatable bonds is 8. The topological polar surface area (TPSA) is 66.9 Å². The highest BCUT2D eigenvalue weighted by Gasteiger charge is 2.28. The van der Waals surface area contributed by atoms with Crippen molar-refractivity contribution in [3.8, 4) is 5.75 Å². The predicted octanol–water partition coefficient (Wildman–Crippen LogP) is 1.90. The van der Waals surface area contributed by atoms with E-state index in [1.54, 1.807) is 12.0 Å². The second kappa shape index (κ2) is 9.20. The van der Waals surface area contributed by atoms with Crippen LogP contribution in [0.3, 0.4) is 0 Å². The van der Waals surface area contributed by atoms with Crippen LogP contribution in [0, 0.1) is 0 Å². The highest BCUT2D eigenvalue weighted by Crippen LogP contribution is 2.15. The number of hydrogen-bond acceptors (Lipinski definition) is 4. The number of ether oxygens (including phenoxy) is 1. The van der Waals surface area contributed by atoms with Crippen LogP contribution in [-0.4, -0.2) is 62.6 Å². The van der Waals surface area contributed by atoms with E-state index in [9.17, 15) is 13.2 Å². The Balaban J connectivity index is 1.81. The number of benzene rings is 1. The highest BCUT2D eigenvalue weighted by atomic mass is 32.2. The fourth-order valence-electron chi connectivity index (χ4n) is 2.91. The zero-order chi connectivity index (χ0) is 18.3. The third-order valence-corrected chi connectivity index (χ3v) is 6.46. The standard InChI is InChI=1S/C18H28N2O4S/c1-3-4-14-25(22,23)20-12-10-19(11-13-20)18(21)9-8-16-6-5-7-17(15-16)24-2/h5-7,15H,3-4,8-14H2,1-2H3. The molecule has 0 saturated carbocycles. The molecular weight excluding hydrogens is 340 g/mol. The maximum absolute atomic E-state index is 12.4. The Morgan fingerprint density at radius 2 is 1.92 bits per heavy atom. The molecule has 1 fully saturated rings. The van der Waals surface area contributed by atoms with Gasteiger partial charge in [0, 0.05) is 32.6 Å². The molecule has 1 aromatic rings. The summed E-state index contributed by atoms with van der Waals surface area (Å²) in [6, 6.07) is 7.71. The number of unbranched alkanes of at least 4 members (excludes halogenated alkanes) is 1. The zero-order valence-corrected chi connectivity index (χ0v) is 15.9. The molecule has 0 N–H and O–H groups in total. The zero-order valence-electron chi connectivity index (χ0n) is 15.1. The lowest BCUT2D eigenvalue weighted by Gasteiger charge is -2.34. The molecule has 7 heteroatoms. The average molecular weight is 368 g/mol. The summed E-state index contributed by atoms with van der Waals surface area (Å²) in [6.45, 7) is 3.73. The summed E-state index contributed by atoms with van der Waals surface area (Å²) in [5, 5.41) is 0. The molecule has 0 unspecified atom stereocenters. The minimum Gasteiger partial charge on any atom is -0.497 e. The fourth-order valence-corrected chi connectivity index (χ4v) is 4.54. The largest absolute Gasteiger partial charge is 0.497 e. The van der Waals surface area contributed by atoms with Crippen LogP contribution >= 0.6 is 0 Å². The maximum Gasteiger partial charge on any atom is 0.222 e. The van der Waals surface area contributed by atoms with E-state index in [0.717, 1.165) is 17.7 Å². The summed E-state index contributed by atoms with van der Waals surface area (Å²) < 4.78 is 31.1. The van der Waals surface area contributed by atoms with Crippen molar-refractivity contribution in [1.29, 1.82) is 0 Å². The normalized spacial score (nSPS) is 16.0. The molecule has 0 atom stereocenters. The molecular formula is C18H28N2O4S. The number of hydrogen-bond donors (Lipinski definition) is 0. The first-order valence-corrected chi connectivity index (χ1v) is 10.5. The monoisotopic (exact) mass is 368 g/mol. The van der Waals surface area contributed by atoms with Crippen molar-refractivity contribution in [3.63, 3.8) is 0 Å². The number of methoxy groups -OCH3 is 1. The molecule has 0 bridgehead atoms. The Morgan fingerprint density at radius 3 is 2.56 bits per heavy atom. The van der Waals surface area contributed by atoms with Crippen molar-refractivity contribution in [3.05, 3.63) is 29.8 Å². The minimum absolute atomic E-state index is 0.0772. The Bertz CT molecular complexity index is 667. The van der Waals surface area contributed by atoms with Gasteiger partial charge in [0.15, 0.2) is 0 Å². The maximum atomic E-state index is 12.4. The van der Waals surface area contributed by atoms with Crippen LogP contribution in [0.5, 0.6) is 5.75 Å². The third kappa shape index (κ3) is 5.71. The lowest BCUT2D eigenvalue weighted by atomic mass is 10.1. The van der Waals surface area contributed by atoms with Crippen molar-refractivity contribution in [2.45, 2.75) is 32.6 Å². The molecule has 1 aromatic carbocycles. The molecule has 1 amide bonds. The van der Waals surface area contributed by atoms with Crippen molar-refractivity contribution < 1.29 is 17.9 Å². The number of carbonyl (C=O) groups is 1.